The van der Waals surface area contributed by atoms with Crippen molar-refractivity contribution in [3.8, 4) is 5.75 Å². The van der Waals surface area contributed by atoms with E-state index in [4.69, 9.17) is 14.6 Å². The minimum atomic E-state index is -0.807. The van der Waals surface area contributed by atoms with Crippen LogP contribution in [0.25, 0.3) is 0 Å². The van der Waals surface area contributed by atoms with Crippen LogP contribution in [0.2, 0.25) is 0 Å². The molecule has 0 spiro atoms. The van der Waals surface area contributed by atoms with Crippen LogP contribution in [0.3, 0.4) is 0 Å². The molecule has 0 bridgehead atoms. The Hall–Kier alpha value is -1.75. The fourth-order valence-electron chi connectivity index (χ4n) is 2.15. The summed E-state index contributed by atoms with van der Waals surface area (Å²) in [5, 5.41) is 8.92. The van der Waals surface area contributed by atoms with Crippen molar-refractivity contribution in [2.75, 3.05) is 31.8 Å². The topological polar surface area (TPSA) is 59.0 Å². The van der Waals surface area contributed by atoms with Gasteiger partial charge in [-0.05, 0) is 12.1 Å². The van der Waals surface area contributed by atoms with Crippen molar-refractivity contribution in [2.24, 2.45) is 0 Å². The number of methoxy groups -OCH3 is 1. The van der Waals surface area contributed by atoms with Gasteiger partial charge in [0, 0.05) is 18.3 Å². The van der Waals surface area contributed by atoms with Gasteiger partial charge in [-0.15, -0.1) is 0 Å². The number of carboxylic acid groups (broad SMARTS) is 1. The van der Waals surface area contributed by atoms with E-state index in [1.54, 1.807) is 7.11 Å². The molecular weight excluding hydrogens is 234 g/mol. The SMILES string of the molecule is COc1cccc(N2CCOCC2CC(=O)O)c1. The van der Waals surface area contributed by atoms with Crippen LogP contribution in [-0.4, -0.2) is 44.0 Å². The Bertz CT molecular complexity index is 421. The molecule has 2 rings (SSSR count). The van der Waals surface area contributed by atoms with Crippen molar-refractivity contribution in [3.05, 3.63) is 24.3 Å². The molecule has 18 heavy (non-hydrogen) atoms. The van der Waals surface area contributed by atoms with Crippen LogP contribution < -0.4 is 9.64 Å². The van der Waals surface area contributed by atoms with Crippen LogP contribution >= 0.6 is 0 Å². The van der Waals surface area contributed by atoms with E-state index >= 15 is 0 Å². The molecule has 1 aliphatic rings. The average Bonchev–Trinajstić information content (AvgIpc) is 2.39. The minimum absolute atomic E-state index is 0.0806. The highest BCUT2D eigenvalue weighted by molar-refractivity contribution is 5.69. The smallest absolute Gasteiger partial charge is 0.305 e. The van der Waals surface area contributed by atoms with Gasteiger partial charge in [-0.25, -0.2) is 0 Å². The Morgan fingerprint density at radius 1 is 1.61 bits per heavy atom. The summed E-state index contributed by atoms with van der Waals surface area (Å²) in [5.74, 6) is -0.0357. The van der Waals surface area contributed by atoms with E-state index in [9.17, 15) is 4.79 Å². The average molecular weight is 251 g/mol. The highest BCUT2D eigenvalue weighted by Gasteiger charge is 2.25. The molecule has 5 heteroatoms. The van der Waals surface area contributed by atoms with Crippen LogP contribution in [0.4, 0.5) is 5.69 Å². The summed E-state index contributed by atoms with van der Waals surface area (Å²) < 4.78 is 10.5. The maximum absolute atomic E-state index is 10.9. The Labute approximate surface area is 106 Å². The van der Waals surface area contributed by atoms with Crippen LogP contribution in [0, 0.1) is 0 Å². The first-order chi connectivity index (χ1) is 8.70. The third-order valence-corrected chi connectivity index (χ3v) is 3.02. The first kappa shape index (κ1) is 12.7. The highest BCUT2D eigenvalue weighted by Crippen LogP contribution is 2.25. The Kier molecular flexibility index (Phi) is 4.04. The summed E-state index contributed by atoms with van der Waals surface area (Å²) in [5.41, 5.74) is 0.976. The first-order valence-electron chi connectivity index (χ1n) is 5.91. The number of rotatable bonds is 4. The van der Waals surface area contributed by atoms with Gasteiger partial charge in [-0.1, -0.05) is 6.07 Å². The van der Waals surface area contributed by atoms with E-state index in [0.717, 1.165) is 11.4 Å². The zero-order valence-corrected chi connectivity index (χ0v) is 10.3. The second-order valence-corrected chi connectivity index (χ2v) is 4.22. The van der Waals surface area contributed by atoms with Crippen molar-refractivity contribution in [1.82, 2.24) is 0 Å². The molecule has 0 aliphatic carbocycles. The van der Waals surface area contributed by atoms with Crippen molar-refractivity contribution >= 4 is 11.7 Å². The number of nitrogens with zero attached hydrogens (tertiary/aromatic N) is 1. The van der Waals surface area contributed by atoms with Gasteiger partial charge in [0.2, 0.25) is 0 Å². The molecule has 0 radical (unpaired) electrons. The number of hydrogen-bond donors (Lipinski definition) is 1. The molecule has 1 unspecified atom stereocenters. The van der Waals surface area contributed by atoms with Crippen LogP contribution in [0.15, 0.2) is 24.3 Å². The summed E-state index contributed by atoms with van der Waals surface area (Å²) >= 11 is 0. The molecule has 1 heterocycles. The lowest BCUT2D eigenvalue weighted by Crippen LogP contribution is -2.46. The monoisotopic (exact) mass is 251 g/mol. The third kappa shape index (κ3) is 2.92. The molecule has 0 amide bonds. The lowest BCUT2D eigenvalue weighted by molar-refractivity contribution is -0.138. The minimum Gasteiger partial charge on any atom is -0.497 e. The first-order valence-corrected chi connectivity index (χ1v) is 5.91. The van der Waals surface area contributed by atoms with Crippen molar-refractivity contribution in [1.29, 1.82) is 0 Å². The van der Waals surface area contributed by atoms with Gasteiger partial charge >= 0.3 is 5.97 Å². The van der Waals surface area contributed by atoms with Crippen LogP contribution in [-0.2, 0) is 9.53 Å². The molecule has 1 aliphatic heterocycles. The standard InChI is InChI=1S/C13H17NO4/c1-17-12-4-2-3-10(7-12)14-5-6-18-9-11(14)8-13(15)16/h2-4,7,11H,5-6,8-9H2,1H3,(H,15,16). The van der Waals surface area contributed by atoms with Crippen molar-refractivity contribution < 1.29 is 19.4 Å². The van der Waals surface area contributed by atoms with E-state index < -0.39 is 5.97 Å². The lowest BCUT2D eigenvalue weighted by atomic mass is 10.1. The number of hydrogen-bond acceptors (Lipinski definition) is 4. The Morgan fingerprint density at radius 3 is 3.17 bits per heavy atom. The van der Waals surface area contributed by atoms with E-state index in [1.807, 2.05) is 24.3 Å². The summed E-state index contributed by atoms with van der Waals surface area (Å²) in [6.07, 6.45) is 0.0806. The van der Waals surface area contributed by atoms with Gasteiger partial charge in [0.1, 0.15) is 5.75 Å². The number of carbonyl (C=O) groups is 1. The highest BCUT2D eigenvalue weighted by atomic mass is 16.5. The molecule has 5 nitrogen and oxygen atoms in total. The molecule has 1 atom stereocenters. The molecule has 1 aromatic rings. The lowest BCUT2D eigenvalue weighted by Gasteiger charge is -2.36. The maximum Gasteiger partial charge on any atom is 0.305 e. The molecule has 98 valence electrons. The fraction of sp³-hybridized carbons (Fsp3) is 0.462. The summed E-state index contributed by atoms with van der Waals surface area (Å²) in [6.45, 7) is 1.77. The summed E-state index contributed by atoms with van der Waals surface area (Å²) in [6, 6.07) is 7.53. The summed E-state index contributed by atoms with van der Waals surface area (Å²) in [7, 11) is 1.62. The predicted molar refractivity (Wildman–Crippen MR) is 67.2 cm³/mol. The molecule has 0 aromatic heterocycles. The molecular formula is C13H17NO4. The largest absolute Gasteiger partial charge is 0.497 e. The van der Waals surface area contributed by atoms with Gasteiger partial charge in [-0.3, -0.25) is 4.79 Å². The van der Waals surface area contributed by atoms with Gasteiger partial charge < -0.3 is 19.5 Å². The molecule has 1 saturated heterocycles. The zero-order chi connectivity index (χ0) is 13.0. The van der Waals surface area contributed by atoms with Gasteiger partial charge in [0.15, 0.2) is 0 Å². The quantitative estimate of drug-likeness (QED) is 0.876. The molecule has 0 saturated carbocycles. The van der Waals surface area contributed by atoms with Crippen LogP contribution in [0.5, 0.6) is 5.75 Å². The normalized spacial score (nSPS) is 19.6. The Balaban J connectivity index is 2.19. The van der Waals surface area contributed by atoms with E-state index in [1.165, 1.54) is 0 Å². The maximum atomic E-state index is 10.9. The van der Waals surface area contributed by atoms with Crippen molar-refractivity contribution in [3.63, 3.8) is 0 Å². The fourth-order valence-corrected chi connectivity index (χ4v) is 2.15. The third-order valence-electron chi connectivity index (χ3n) is 3.02. The van der Waals surface area contributed by atoms with Gasteiger partial charge in [-0.2, -0.15) is 0 Å². The zero-order valence-electron chi connectivity index (χ0n) is 10.3. The number of morpholine rings is 1. The Morgan fingerprint density at radius 2 is 2.44 bits per heavy atom. The van der Waals surface area contributed by atoms with Crippen molar-refractivity contribution in [2.45, 2.75) is 12.5 Å². The van der Waals surface area contributed by atoms with E-state index in [2.05, 4.69) is 4.90 Å². The van der Waals surface area contributed by atoms with E-state index in [0.29, 0.717) is 19.8 Å². The van der Waals surface area contributed by atoms with Crippen LogP contribution in [0.1, 0.15) is 6.42 Å². The number of carboxylic acids is 1. The van der Waals surface area contributed by atoms with Gasteiger partial charge in [0.05, 0.1) is 32.8 Å². The number of anilines is 1. The number of ether oxygens (including phenoxy) is 2. The predicted octanol–water partition coefficient (Wildman–Crippen LogP) is 1.38. The summed E-state index contributed by atoms with van der Waals surface area (Å²) in [4.78, 5) is 12.9. The second kappa shape index (κ2) is 5.73. The van der Waals surface area contributed by atoms with Gasteiger partial charge in [0.25, 0.3) is 0 Å². The van der Waals surface area contributed by atoms with E-state index in [-0.39, 0.29) is 12.5 Å². The second-order valence-electron chi connectivity index (χ2n) is 4.22. The molecule has 1 N–H and O–H groups in total. The molecule has 1 fully saturated rings. The molecule has 1 aromatic carbocycles. The number of aliphatic carboxylic acids is 1. The number of benzene rings is 1.